The monoisotopic (exact) mass is 416 g/mol. The summed E-state index contributed by atoms with van der Waals surface area (Å²) in [7, 11) is 0. The van der Waals surface area contributed by atoms with Crippen molar-refractivity contribution in [3.05, 3.63) is 82.9 Å². The molecule has 0 radical (unpaired) electrons. The maximum Gasteiger partial charge on any atom is 0.233 e. The normalized spacial score (nSPS) is 21.9. The fourth-order valence-electron chi connectivity index (χ4n) is 4.70. The number of benzene rings is 2. The van der Waals surface area contributed by atoms with E-state index < -0.39 is 5.41 Å². The minimum absolute atomic E-state index is 0.0418. The first-order chi connectivity index (χ1) is 15.0. The molecule has 5 rings (SSSR count). The summed E-state index contributed by atoms with van der Waals surface area (Å²) in [5, 5.41) is 7.31. The van der Waals surface area contributed by atoms with E-state index in [2.05, 4.69) is 58.5 Å². The lowest BCUT2D eigenvalue weighted by Crippen LogP contribution is -2.40. The molecule has 2 atom stereocenters. The lowest BCUT2D eigenvalue weighted by atomic mass is 9.94. The number of rotatable bonds is 6. The Labute approximate surface area is 182 Å². The Morgan fingerprint density at radius 3 is 2.65 bits per heavy atom. The number of aryl methyl sites for hydroxylation is 2. The predicted molar refractivity (Wildman–Crippen MR) is 117 cm³/mol. The van der Waals surface area contributed by atoms with Crippen LogP contribution < -0.4 is 0 Å². The van der Waals surface area contributed by atoms with Crippen LogP contribution in [-0.2, 0) is 21.6 Å². The number of nitrogens with zero attached hydrogens (tertiary/aromatic N) is 3. The smallest absolute Gasteiger partial charge is 0.233 e. The Hall–Kier alpha value is -2.99. The van der Waals surface area contributed by atoms with Crippen LogP contribution in [0.5, 0.6) is 0 Å². The third-order valence-corrected chi connectivity index (χ3v) is 6.49. The van der Waals surface area contributed by atoms with Crippen molar-refractivity contribution in [2.24, 2.45) is 0 Å². The van der Waals surface area contributed by atoms with Gasteiger partial charge in [0.1, 0.15) is 5.82 Å². The molecular formula is C25H28N4O2. The number of carbonyl (C=O) groups excluding carboxylic acids is 1. The number of H-pyrrole nitrogens is 1. The molecule has 6 heteroatoms. The first-order valence-corrected chi connectivity index (χ1v) is 11.0. The summed E-state index contributed by atoms with van der Waals surface area (Å²) in [5.41, 5.74) is 3.07. The van der Waals surface area contributed by atoms with Crippen molar-refractivity contribution >= 4 is 5.91 Å². The number of carbonyl (C=O) groups is 1. The summed E-state index contributed by atoms with van der Waals surface area (Å²) in [5.74, 6) is 1.61. The molecule has 1 saturated carbocycles. The van der Waals surface area contributed by atoms with Gasteiger partial charge in [-0.15, -0.1) is 0 Å². The predicted octanol–water partition coefficient (Wildman–Crippen LogP) is 4.01. The number of aromatic nitrogens is 3. The zero-order chi connectivity index (χ0) is 21.4. The number of amides is 1. The molecule has 1 saturated heterocycles. The number of likely N-dealkylation sites (tertiary alicyclic amines) is 1. The van der Waals surface area contributed by atoms with Gasteiger partial charge in [0.15, 0.2) is 5.82 Å². The van der Waals surface area contributed by atoms with Gasteiger partial charge in [0.05, 0.1) is 24.2 Å². The topological polar surface area (TPSA) is 71.1 Å². The zero-order valence-corrected chi connectivity index (χ0v) is 18.0. The van der Waals surface area contributed by atoms with Gasteiger partial charge >= 0.3 is 0 Å². The van der Waals surface area contributed by atoms with Crippen molar-refractivity contribution in [2.75, 3.05) is 6.54 Å². The Morgan fingerprint density at radius 2 is 1.97 bits per heavy atom. The molecule has 2 heterocycles. The SMILES string of the molecule is Cc1cccc(CO[C@H]2C[C@@H](c3n[nH]c(C)n3)N(C(=O)C3(c4ccccc4)CC3)C2)c1. The molecule has 2 fully saturated rings. The molecule has 1 amide bonds. The van der Waals surface area contributed by atoms with E-state index >= 15 is 0 Å². The molecule has 6 nitrogen and oxygen atoms in total. The molecule has 1 aliphatic heterocycles. The molecule has 0 bridgehead atoms. The minimum atomic E-state index is -0.406. The summed E-state index contributed by atoms with van der Waals surface area (Å²) < 4.78 is 6.26. The van der Waals surface area contributed by atoms with Crippen LogP contribution in [0, 0.1) is 13.8 Å². The Morgan fingerprint density at radius 1 is 1.16 bits per heavy atom. The molecule has 2 aliphatic rings. The summed E-state index contributed by atoms with van der Waals surface area (Å²) >= 11 is 0. The maximum atomic E-state index is 13.8. The van der Waals surface area contributed by atoms with Gasteiger partial charge in [-0.25, -0.2) is 4.98 Å². The van der Waals surface area contributed by atoms with E-state index in [1.807, 2.05) is 30.0 Å². The highest BCUT2D eigenvalue weighted by Crippen LogP contribution is 2.51. The second-order valence-corrected chi connectivity index (χ2v) is 8.86. The van der Waals surface area contributed by atoms with E-state index in [-0.39, 0.29) is 18.1 Å². The van der Waals surface area contributed by atoms with Crippen LogP contribution in [0.15, 0.2) is 54.6 Å². The highest BCUT2D eigenvalue weighted by atomic mass is 16.5. The van der Waals surface area contributed by atoms with E-state index in [9.17, 15) is 4.79 Å². The third-order valence-electron chi connectivity index (χ3n) is 6.49. The second-order valence-electron chi connectivity index (χ2n) is 8.86. The molecular weight excluding hydrogens is 388 g/mol. The van der Waals surface area contributed by atoms with E-state index in [4.69, 9.17) is 4.74 Å². The van der Waals surface area contributed by atoms with Gasteiger partial charge in [-0.05, 0) is 37.8 Å². The van der Waals surface area contributed by atoms with Crippen LogP contribution in [0.4, 0.5) is 0 Å². The minimum Gasteiger partial charge on any atom is -0.372 e. The van der Waals surface area contributed by atoms with Crippen molar-refractivity contribution in [1.29, 1.82) is 0 Å². The Kier molecular flexibility index (Phi) is 5.10. The summed E-state index contributed by atoms with van der Waals surface area (Å²) in [6, 6.07) is 18.3. The van der Waals surface area contributed by atoms with Gasteiger partial charge in [0, 0.05) is 13.0 Å². The van der Waals surface area contributed by atoms with E-state index in [0.29, 0.717) is 25.4 Å². The standard InChI is InChI=1S/C25H28N4O2/c1-17-7-6-8-19(13-17)16-31-21-14-22(23-26-18(2)27-28-23)29(15-21)24(30)25(11-12-25)20-9-4-3-5-10-20/h3-10,13,21-22H,11-12,14-16H2,1-2H3,(H,26,27,28)/t21-,22-/m0/s1. The van der Waals surface area contributed by atoms with Gasteiger partial charge in [-0.3, -0.25) is 9.89 Å². The maximum absolute atomic E-state index is 13.8. The number of nitrogens with one attached hydrogen (secondary N) is 1. The van der Waals surface area contributed by atoms with Crippen LogP contribution in [0.3, 0.4) is 0 Å². The molecule has 2 aromatic carbocycles. The van der Waals surface area contributed by atoms with Crippen molar-refractivity contribution in [3.63, 3.8) is 0 Å². The van der Waals surface area contributed by atoms with Crippen LogP contribution in [-0.4, -0.2) is 38.6 Å². The number of hydrogen-bond acceptors (Lipinski definition) is 4. The van der Waals surface area contributed by atoms with Crippen molar-refractivity contribution in [2.45, 2.75) is 57.3 Å². The van der Waals surface area contributed by atoms with Crippen molar-refractivity contribution in [1.82, 2.24) is 20.1 Å². The fourth-order valence-corrected chi connectivity index (χ4v) is 4.70. The molecule has 0 spiro atoms. The summed E-state index contributed by atoms with van der Waals surface area (Å²) in [6.07, 6.45) is 2.45. The Balaban J connectivity index is 1.37. The number of hydrogen-bond donors (Lipinski definition) is 1. The highest BCUT2D eigenvalue weighted by Gasteiger charge is 2.55. The first kappa shape index (κ1) is 19.9. The number of aromatic amines is 1. The fraction of sp³-hybridized carbons (Fsp3) is 0.400. The zero-order valence-electron chi connectivity index (χ0n) is 18.0. The highest BCUT2D eigenvalue weighted by molar-refractivity contribution is 5.91. The van der Waals surface area contributed by atoms with Gasteiger partial charge in [-0.1, -0.05) is 60.2 Å². The molecule has 1 aromatic heterocycles. The average molecular weight is 417 g/mol. The van der Waals surface area contributed by atoms with Crippen molar-refractivity contribution in [3.8, 4) is 0 Å². The summed E-state index contributed by atoms with van der Waals surface area (Å²) in [4.78, 5) is 20.3. The number of ether oxygens (including phenoxy) is 1. The average Bonchev–Trinajstić information content (AvgIpc) is 3.31. The van der Waals surface area contributed by atoms with Crippen LogP contribution >= 0.6 is 0 Å². The summed E-state index contributed by atoms with van der Waals surface area (Å²) in [6.45, 7) is 5.07. The van der Waals surface area contributed by atoms with Crippen LogP contribution in [0.2, 0.25) is 0 Å². The first-order valence-electron chi connectivity index (χ1n) is 11.0. The lowest BCUT2D eigenvalue weighted by Gasteiger charge is -2.27. The van der Waals surface area contributed by atoms with E-state index in [1.165, 1.54) is 5.56 Å². The van der Waals surface area contributed by atoms with Gasteiger partial charge in [0.25, 0.3) is 0 Å². The van der Waals surface area contributed by atoms with Crippen LogP contribution in [0.25, 0.3) is 0 Å². The molecule has 1 aliphatic carbocycles. The van der Waals surface area contributed by atoms with Gasteiger partial charge < -0.3 is 9.64 Å². The van der Waals surface area contributed by atoms with Crippen molar-refractivity contribution < 1.29 is 9.53 Å². The molecule has 1 N–H and O–H groups in total. The third kappa shape index (κ3) is 3.88. The quantitative estimate of drug-likeness (QED) is 0.659. The molecule has 160 valence electrons. The largest absolute Gasteiger partial charge is 0.372 e. The van der Waals surface area contributed by atoms with E-state index in [0.717, 1.165) is 29.8 Å². The Bertz CT molecular complexity index is 1070. The molecule has 3 aromatic rings. The van der Waals surface area contributed by atoms with Gasteiger partial charge in [0.2, 0.25) is 5.91 Å². The van der Waals surface area contributed by atoms with Gasteiger partial charge in [-0.2, -0.15) is 5.10 Å². The second kappa shape index (κ2) is 7.93. The van der Waals surface area contributed by atoms with E-state index in [1.54, 1.807) is 0 Å². The molecule has 31 heavy (non-hydrogen) atoms. The van der Waals surface area contributed by atoms with Crippen LogP contribution in [0.1, 0.15) is 53.6 Å². The molecule has 0 unspecified atom stereocenters. The lowest BCUT2D eigenvalue weighted by molar-refractivity contribution is -0.135.